The second kappa shape index (κ2) is 5.62. The first kappa shape index (κ1) is 17.7. The lowest BCUT2D eigenvalue weighted by molar-refractivity contribution is -0.254. The van der Waals surface area contributed by atoms with Crippen LogP contribution in [0.3, 0.4) is 0 Å². The molecule has 4 rings (SSSR count). The Morgan fingerprint density at radius 2 is 1.81 bits per heavy atom. The molecule has 0 radical (unpaired) electrons. The molecule has 0 amide bonds. The summed E-state index contributed by atoms with van der Waals surface area (Å²) in [6, 6.07) is 5.35. The number of carbonyl (C=O) groups is 2. The number of fused-ring (bicyclic) bond motifs is 4. The Hall–Kier alpha value is -1.75. The van der Waals surface area contributed by atoms with Gasteiger partial charge in [-0.3, -0.25) is 9.59 Å². The van der Waals surface area contributed by atoms with Crippen molar-refractivity contribution in [2.75, 3.05) is 11.4 Å². The van der Waals surface area contributed by atoms with Gasteiger partial charge in [-0.05, 0) is 36.0 Å². The summed E-state index contributed by atoms with van der Waals surface area (Å²) < 4.78 is 11.1. The van der Waals surface area contributed by atoms with Crippen LogP contribution in [0.4, 0.5) is 5.69 Å². The predicted molar refractivity (Wildman–Crippen MR) is 97.9 cm³/mol. The molecule has 0 unspecified atom stereocenters. The zero-order valence-electron chi connectivity index (χ0n) is 15.5. The molecule has 26 heavy (non-hydrogen) atoms. The van der Waals surface area contributed by atoms with Crippen LogP contribution in [0.25, 0.3) is 0 Å². The van der Waals surface area contributed by atoms with Crippen LogP contribution in [-0.4, -0.2) is 30.3 Å². The van der Waals surface area contributed by atoms with Gasteiger partial charge in [0.25, 0.3) is 5.79 Å². The minimum absolute atomic E-state index is 0.146. The van der Waals surface area contributed by atoms with E-state index >= 15 is 0 Å². The standard InChI is InChI=1S/C20H24ClNO4/c1-11-7-12(2)16-20(17(23)25-19(3,4)26-18(20)24)9-13-5-6-14(21)8-15(13)22(16)10-11/h5-6,8,11-12,16H,7,9-10H2,1-4H3/t11-,12-,16+/m1/s1. The fourth-order valence-electron chi connectivity index (χ4n) is 5.07. The van der Waals surface area contributed by atoms with Crippen molar-refractivity contribution in [3.8, 4) is 0 Å². The number of rotatable bonds is 0. The van der Waals surface area contributed by atoms with Crippen LogP contribution >= 0.6 is 11.6 Å². The summed E-state index contributed by atoms with van der Waals surface area (Å²) in [5, 5.41) is 0.652. The molecule has 3 heterocycles. The highest BCUT2D eigenvalue weighted by Gasteiger charge is 2.65. The van der Waals surface area contributed by atoms with Crippen molar-refractivity contribution in [3.05, 3.63) is 28.8 Å². The number of esters is 2. The van der Waals surface area contributed by atoms with E-state index in [1.165, 1.54) is 0 Å². The fraction of sp³-hybridized carbons (Fsp3) is 0.600. The van der Waals surface area contributed by atoms with Crippen LogP contribution in [0, 0.1) is 17.3 Å². The van der Waals surface area contributed by atoms with Gasteiger partial charge in [-0.15, -0.1) is 0 Å². The summed E-state index contributed by atoms with van der Waals surface area (Å²) in [7, 11) is 0. The molecule has 0 bridgehead atoms. The number of nitrogens with zero attached hydrogens (tertiary/aromatic N) is 1. The van der Waals surface area contributed by atoms with Crippen LogP contribution in [0.1, 0.15) is 39.7 Å². The first-order valence-corrected chi connectivity index (χ1v) is 9.54. The predicted octanol–water partition coefficient (Wildman–Crippen LogP) is 3.57. The first-order chi connectivity index (χ1) is 12.1. The minimum atomic E-state index is -1.32. The van der Waals surface area contributed by atoms with Crippen LogP contribution in [0.15, 0.2) is 18.2 Å². The third kappa shape index (κ3) is 2.43. The molecule has 140 valence electrons. The van der Waals surface area contributed by atoms with Crippen LogP contribution in [0.5, 0.6) is 0 Å². The average Bonchev–Trinajstić information content (AvgIpc) is 2.51. The monoisotopic (exact) mass is 377 g/mol. The van der Waals surface area contributed by atoms with Gasteiger partial charge in [0.05, 0.1) is 6.04 Å². The number of anilines is 1. The zero-order chi connectivity index (χ0) is 18.9. The molecule has 6 heteroatoms. The molecular formula is C20H24ClNO4. The van der Waals surface area contributed by atoms with E-state index in [4.69, 9.17) is 21.1 Å². The summed E-state index contributed by atoms with van der Waals surface area (Å²) >= 11 is 6.24. The Bertz CT molecular complexity index is 770. The number of hydrogen-bond acceptors (Lipinski definition) is 5. The largest absolute Gasteiger partial charge is 0.422 e. The van der Waals surface area contributed by atoms with Crippen LogP contribution < -0.4 is 4.90 Å². The van der Waals surface area contributed by atoms with Gasteiger partial charge in [0.15, 0.2) is 5.41 Å². The topological polar surface area (TPSA) is 55.8 Å². The molecule has 3 aliphatic heterocycles. The molecule has 0 N–H and O–H groups in total. The van der Waals surface area contributed by atoms with Gasteiger partial charge in [-0.1, -0.05) is 31.5 Å². The molecular weight excluding hydrogens is 354 g/mol. The van der Waals surface area contributed by atoms with E-state index in [0.717, 1.165) is 24.2 Å². The van der Waals surface area contributed by atoms with E-state index in [0.29, 0.717) is 10.9 Å². The van der Waals surface area contributed by atoms with Gasteiger partial charge >= 0.3 is 11.9 Å². The Labute approximate surface area is 158 Å². The maximum Gasteiger partial charge on any atom is 0.329 e. The molecule has 1 spiro atoms. The maximum atomic E-state index is 13.2. The normalized spacial score (nSPS) is 31.7. The highest BCUT2D eigenvalue weighted by atomic mass is 35.5. The van der Waals surface area contributed by atoms with Gasteiger partial charge in [0.2, 0.25) is 0 Å². The Balaban J connectivity index is 1.90. The zero-order valence-corrected chi connectivity index (χ0v) is 16.3. The van der Waals surface area contributed by atoms with Crippen molar-refractivity contribution in [1.82, 2.24) is 0 Å². The van der Waals surface area contributed by atoms with Crippen molar-refractivity contribution >= 4 is 29.2 Å². The summed E-state index contributed by atoms with van der Waals surface area (Å²) in [5.74, 6) is -1.58. The van der Waals surface area contributed by atoms with Gasteiger partial charge < -0.3 is 14.4 Å². The Morgan fingerprint density at radius 3 is 2.46 bits per heavy atom. The number of piperidine rings is 1. The molecule has 3 aliphatic rings. The highest BCUT2D eigenvalue weighted by Crippen LogP contribution is 2.52. The van der Waals surface area contributed by atoms with E-state index in [1.807, 2.05) is 12.1 Å². The lowest BCUT2D eigenvalue weighted by atomic mass is 9.63. The van der Waals surface area contributed by atoms with Crippen LogP contribution in [0.2, 0.25) is 5.02 Å². The third-order valence-electron chi connectivity index (χ3n) is 5.89. The quantitative estimate of drug-likeness (QED) is 0.511. The molecule has 1 aromatic rings. The fourth-order valence-corrected chi connectivity index (χ4v) is 5.24. The molecule has 1 aromatic carbocycles. The van der Waals surface area contributed by atoms with Crippen molar-refractivity contribution < 1.29 is 19.1 Å². The lowest BCUT2D eigenvalue weighted by Gasteiger charge is -2.56. The van der Waals surface area contributed by atoms with E-state index < -0.39 is 23.1 Å². The summed E-state index contributed by atoms with van der Waals surface area (Å²) in [6.45, 7) is 8.25. The van der Waals surface area contributed by atoms with Crippen molar-refractivity contribution in [1.29, 1.82) is 0 Å². The Morgan fingerprint density at radius 1 is 1.15 bits per heavy atom. The summed E-state index contributed by atoms with van der Waals surface area (Å²) in [5.41, 5.74) is 0.619. The molecule has 0 saturated carbocycles. The summed E-state index contributed by atoms with van der Waals surface area (Å²) in [4.78, 5) is 28.5. The average molecular weight is 378 g/mol. The van der Waals surface area contributed by atoms with Crippen molar-refractivity contribution in [2.45, 2.75) is 52.4 Å². The highest BCUT2D eigenvalue weighted by molar-refractivity contribution is 6.30. The second-order valence-corrected chi connectivity index (χ2v) is 8.95. The number of hydrogen-bond donors (Lipinski definition) is 0. The van der Waals surface area contributed by atoms with Gasteiger partial charge in [-0.25, -0.2) is 0 Å². The smallest absolute Gasteiger partial charge is 0.329 e. The van der Waals surface area contributed by atoms with Gasteiger partial charge in [-0.2, -0.15) is 0 Å². The molecule has 0 aromatic heterocycles. The minimum Gasteiger partial charge on any atom is -0.422 e. The molecule has 3 atom stereocenters. The Kier molecular flexibility index (Phi) is 3.82. The number of halogens is 1. The lowest BCUT2D eigenvalue weighted by Crippen LogP contribution is -2.69. The molecule has 2 fully saturated rings. The first-order valence-electron chi connectivity index (χ1n) is 9.16. The van der Waals surface area contributed by atoms with E-state index in [-0.39, 0.29) is 18.4 Å². The second-order valence-electron chi connectivity index (χ2n) is 8.52. The van der Waals surface area contributed by atoms with Crippen molar-refractivity contribution in [2.24, 2.45) is 17.3 Å². The maximum absolute atomic E-state index is 13.2. The van der Waals surface area contributed by atoms with E-state index in [2.05, 4.69) is 18.7 Å². The molecule has 5 nitrogen and oxygen atoms in total. The number of cyclic esters (lactones) is 2. The number of ether oxygens (including phenoxy) is 2. The third-order valence-corrected chi connectivity index (χ3v) is 6.13. The molecule has 0 aliphatic carbocycles. The SMILES string of the molecule is C[C@@H]1C[C@@H](C)[C@@H]2N(C1)c1cc(Cl)ccc1CC21C(=O)OC(C)(C)OC1=O. The number of carbonyl (C=O) groups excluding carboxylic acids is 2. The van der Waals surface area contributed by atoms with Gasteiger partial charge in [0, 0.05) is 37.5 Å². The van der Waals surface area contributed by atoms with E-state index in [9.17, 15) is 9.59 Å². The summed E-state index contributed by atoms with van der Waals surface area (Å²) in [6.07, 6.45) is 1.23. The van der Waals surface area contributed by atoms with Crippen LogP contribution in [-0.2, 0) is 25.5 Å². The number of benzene rings is 1. The van der Waals surface area contributed by atoms with Crippen molar-refractivity contribution in [3.63, 3.8) is 0 Å². The molecule has 2 saturated heterocycles. The van der Waals surface area contributed by atoms with Gasteiger partial charge in [0.1, 0.15) is 0 Å². The van der Waals surface area contributed by atoms with E-state index in [1.54, 1.807) is 19.9 Å².